The fourth-order valence-corrected chi connectivity index (χ4v) is 2.60. The third kappa shape index (κ3) is 2.56. The Labute approximate surface area is 110 Å². The second-order valence-corrected chi connectivity index (χ2v) is 5.37. The zero-order valence-electron chi connectivity index (χ0n) is 10.8. The smallest absolute Gasteiger partial charge is 0.337 e. The molecule has 0 aromatic rings. The summed E-state index contributed by atoms with van der Waals surface area (Å²) in [6.45, 7) is 1.19. The molecule has 7 nitrogen and oxygen atoms in total. The number of hydrogen-bond acceptors (Lipinski definition) is 4. The molecule has 0 saturated carbocycles. The molecule has 0 aliphatic carbocycles. The van der Waals surface area contributed by atoms with Gasteiger partial charge in [-0.15, -0.1) is 0 Å². The third-order valence-corrected chi connectivity index (χ3v) is 3.71. The Hall–Kier alpha value is -1.63. The fourth-order valence-electron chi connectivity index (χ4n) is 2.60. The number of carbonyl (C=O) groups is 3. The van der Waals surface area contributed by atoms with E-state index in [-0.39, 0.29) is 24.9 Å². The van der Waals surface area contributed by atoms with Crippen LogP contribution >= 0.6 is 0 Å². The second kappa shape index (κ2) is 4.80. The maximum atomic E-state index is 12.2. The number of aliphatic carboxylic acids is 1. The van der Waals surface area contributed by atoms with Crippen molar-refractivity contribution in [1.29, 1.82) is 0 Å². The number of nitrogens with zero attached hydrogens (tertiary/aromatic N) is 2. The average Bonchev–Trinajstić information content (AvgIpc) is 2.35. The summed E-state index contributed by atoms with van der Waals surface area (Å²) in [7, 11) is 0. The van der Waals surface area contributed by atoms with Gasteiger partial charge in [0.25, 0.3) is 0 Å². The molecule has 2 atom stereocenters. The highest BCUT2D eigenvalue weighted by molar-refractivity contribution is 5.95. The number of amides is 2. The molecule has 0 radical (unpaired) electrons. The first-order valence-corrected chi connectivity index (χ1v) is 6.37. The van der Waals surface area contributed by atoms with E-state index >= 15 is 0 Å². The first-order valence-electron chi connectivity index (χ1n) is 6.37. The van der Waals surface area contributed by atoms with Crippen LogP contribution in [0.25, 0.3) is 0 Å². The average molecular weight is 270 g/mol. The van der Waals surface area contributed by atoms with Gasteiger partial charge in [0.05, 0.1) is 13.1 Å². The lowest BCUT2D eigenvalue weighted by molar-refractivity contribution is -0.167. The van der Waals surface area contributed by atoms with E-state index in [1.807, 2.05) is 0 Å². The van der Waals surface area contributed by atoms with Gasteiger partial charge in [-0.3, -0.25) is 9.59 Å². The fraction of sp³-hybridized carbons (Fsp3) is 0.750. The third-order valence-electron chi connectivity index (χ3n) is 3.71. The molecule has 2 saturated heterocycles. The molecule has 2 rings (SSSR count). The van der Waals surface area contributed by atoms with Crippen molar-refractivity contribution in [2.24, 2.45) is 0 Å². The molecule has 7 heteroatoms. The lowest BCUT2D eigenvalue weighted by Crippen LogP contribution is -2.63. The van der Waals surface area contributed by atoms with Gasteiger partial charge in [0.1, 0.15) is 6.04 Å². The summed E-state index contributed by atoms with van der Waals surface area (Å²) in [4.78, 5) is 37.8. The number of fused-ring (bicyclic) bond motifs is 1. The summed E-state index contributed by atoms with van der Waals surface area (Å²) in [6.07, 6.45) is 2.38. The SMILES string of the molecule is CC(O)(CN1CC(=O)N2CCCCC2C1=O)C(=O)O. The number of aliphatic hydroxyl groups is 1. The van der Waals surface area contributed by atoms with E-state index in [9.17, 15) is 19.5 Å². The van der Waals surface area contributed by atoms with Gasteiger partial charge in [-0.05, 0) is 26.2 Å². The molecule has 2 N–H and O–H groups in total. The van der Waals surface area contributed by atoms with Crippen molar-refractivity contribution in [3.8, 4) is 0 Å². The van der Waals surface area contributed by atoms with Crippen LogP contribution in [0.5, 0.6) is 0 Å². The summed E-state index contributed by atoms with van der Waals surface area (Å²) in [5.41, 5.74) is -2.03. The lowest BCUT2D eigenvalue weighted by atomic mass is 9.97. The van der Waals surface area contributed by atoms with Gasteiger partial charge in [-0.2, -0.15) is 0 Å². The Kier molecular flexibility index (Phi) is 3.49. The van der Waals surface area contributed by atoms with Gasteiger partial charge in [-0.25, -0.2) is 4.79 Å². The van der Waals surface area contributed by atoms with Gasteiger partial charge in [0.2, 0.25) is 11.8 Å². The largest absolute Gasteiger partial charge is 0.479 e. The van der Waals surface area contributed by atoms with E-state index in [4.69, 9.17) is 5.11 Å². The minimum absolute atomic E-state index is 0.154. The molecule has 0 aromatic heterocycles. The summed E-state index contributed by atoms with van der Waals surface area (Å²) >= 11 is 0. The Balaban J connectivity index is 2.13. The molecule has 106 valence electrons. The van der Waals surface area contributed by atoms with Crippen LogP contribution in [0.2, 0.25) is 0 Å². The van der Waals surface area contributed by atoms with E-state index < -0.39 is 17.6 Å². The number of carbonyl (C=O) groups excluding carboxylic acids is 2. The summed E-state index contributed by atoms with van der Waals surface area (Å²) in [6, 6.07) is -0.486. The number of hydrogen-bond donors (Lipinski definition) is 2. The van der Waals surface area contributed by atoms with Gasteiger partial charge < -0.3 is 20.0 Å². The van der Waals surface area contributed by atoms with Crippen LogP contribution in [-0.2, 0) is 14.4 Å². The minimum atomic E-state index is -2.03. The van der Waals surface area contributed by atoms with Crippen LogP contribution in [0.15, 0.2) is 0 Å². The van der Waals surface area contributed by atoms with Crippen LogP contribution < -0.4 is 0 Å². The highest BCUT2D eigenvalue weighted by atomic mass is 16.4. The highest BCUT2D eigenvalue weighted by Gasteiger charge is 2.43. The molecular weight excluding hydrogens is 252 g/mol. The number of piperazine rings is 1. The summed E-state index contributed by atoms with van der Waals surface area (Å²) in [5.74, 6) is -1.84. The molecule has 2 heterocycles. The first kappa shape index (κ1) is 13.8. The Morgan fingerprint density at radius 3 is 2.74 bits per heavy atom. The van der Waals surface area contributed by atoms with Gasteiger partial charge in [0.15, 0.2) is 5.60 Å². The zero-order valence-corrected chi connectivity index (χ0v) is 10.8. The van der Waals surface area contributed by atoms with E-state index in [2.05, 4.69) is 0 Å². The number of carboxylic acids is 1. The highest BCUT2D eigenvalue weighted by Crippen LogP contribution is 2.24. The molecule has 0 aromatic carbocycles. The quantitative estimate of drug-likeness (QED) is 0.688. The van der Waals surface area contributed by atoms with Gasteiger partial charge in [0, 0.05) is 6.54 Å². The molecule has 2 unspecified atom stereocenters. The number of carboxylic acid groups (broad SMARTS) is 1. The normalized spacial score (nSPS) is 26.9. The number of rotatable bonds is 3. The Morgan fingerprint density at radius 2 is 2.11 bits per heavy atom. The second-order valence-electron chi connectivity index (χ2n) is 5.37. The molecule has 0 spiro atoms. The van der Waals surface area contributed by atoms with Crippen molar-refractivity contribution in [3.63, 3.8) is 0 Å². The summed E-state index contributed by atoms with van der Waals surface area (Å²) < 4.78 is 0. The Bertz CT molecular complexity index is 420. The maximum absolute atomic E-state index is 12.2. The lowest BCUT2D eigenvalue weighted by Gasteiger charge is -2.43. The predicted molar refractivity (Wildman–Crippen MR) is 64.2 cm³/mol. The zero-order chi connectivity index (χ0) is 14.2. The van der Waals surface area contributed by atoms with E-state index in [1.54, 1.807) is 4.90 Å². The molecule has 2 fully saturated rings. The van der Waals surface area contributed by atoms with Crippen molar-refractivity contribution in [2.75, 3.05) is 19.6 Å². The Morgan fingerprint density at radius 1 is 1.42 bits per heavy atom. The van der Waals surface area contributed by atoms with Gasteiger partial charge >= 0.3 is 5.97 Å². The number of β-amino-alcohol motifs (C(OH)–C–C–N with tert-alkyl or cyclic N) is 1. The predicted octanol–water partition coefficient (Wildman–Crippen LogP) is -0.955. The van der Waals surface area contributed by atoms with Crippen molar-refractivity contribution < 1.29 is 24.6 Å². The van der Waals surface area contributed by atoms with Crippen molar-refractivity contribution in [1.82, 2.24) is 9.80 Å². The minimum Gasteiger partial charge on any atom is -0.479 e. The van der Waals surface area contributed by atoms with Crippen LogP contribution in [-0.4, -0.2) is 69.1 Å². The number of piperidine rings is 1. The monoisotopic (exact) mass is 270 g/mol. The molecule has 2 aliphatic rings. The van der Waals surface area contributed by atoms with Crippen LogP contribution in [0.1, 0.15) is 26.2 Å². The molecule has 19 heavy (non-hydrogen) atoms. The standard InChI is InChI=1S/C12H18N2O5/c1-12(19,11(17)18)7-13-6-9(15)14-5-3-2-4-8(14)10(13)16/h8,19H,2-7H2,1H3,(H,17,18). The van der Waals surface area contributed by atoms with E-state index in [0.717, 1.165) is 24.7 Å². The molecule has 2 aliphatic heterocycles. The van der Waals surface area contributed by atoms with Crippen molar-refractivity contribution >= 4 is 17.8 Å². The van der Waals surface area contributed by atoms with Crippen molar-refractivity contribution in [3.05, 3.63) is 0 Å². The topological polar surface area (TPSA) is 98.2 Å². The van der Waals surface area contributed by atoms with Crippen LogP contribution in [0.4, 0.5) is 0 Å². The van der Waals surface area contributed by atoms with Crippen LogP contribution in [0, 0.1) is 0 Å². The van der Waals surface area contributed by atoms with Crippen LogP contribution in [0.3, 0.4) is 0 Å². The summed E-state index contributed by atoms with van der Waals surface area (Å²) in [5, 5.41) is 18.6. The van der Waals surface area contributed by atoms with Gasteiger partial charge in [-0.1, -0.05) is 0 Å². The maximum Gasteiger partial charge on any atom is 0.337 e. The molecule has 0 bridgehead atoms. The van der Waals surface area contributed by atoms with E-state index in [0.29, 0.717) is 13.0 Å². The van der Waals surface area contributed by atoms with E-state index in [1.165, 1.54) is 0 Å². The van der Waals surface area contributed by atoms with Crippen molar-refractivity contribution in [2.45, 2.75) is 37.8 Å². The molecule has 2 amide bonds. The first-order chi connectivity index (χ1) is 8.83. The molecular formula is C12H18N2O5.